The normalized spacial score (nSPS) is 11.0. The largest absolute Gasteiger partial charge is 0.385 e. The van der Waals surface area contributed by atoms with Crippen LogP contribution in [0.25, 0.3) is 17.0 Å². The number of nitrogens with zero attached hydrogens (tertiary/aromatic N) is 3. The second-order valence-corrected chi connectivity index (χ2v) is 5.32. The molecule has 2 heterocycles. The summed E-state index contributed by atoms with van der Waals surface area (Å²) in [5, 5.41) is 7.29. The third-order valence-electron chi connectivity index (χ3n) is 3.34. The number of halogens is 1. The lowest BCUT2D eigenvalue weighted by Crippen LogP contribution is -2.24. The highest BCUT2D eigenvalue weighted by Gasteiger charge is 2.13. The summed E-state index contributed by atoms with van der Waals surface area (Å²) in [6.07, 6.45) is 2.32. The standard InChI is InChI=1S/C15H16ClN5O2/c1-23-8-4-7-17-12-9-18-21(14(22)13(12)16)15-19-10-5-2-3-6-11(10)20-15/h2-3,5-6,9,17H,4,7-8H2,1H3,(H,19,20). The quantitative estimate of drug-likeness (QED) is 0.676. The second kappa shape index (κ2) is 6.80. The number of hydrogen-bond donors (Lipinski definition) is 2. The third-order valence-corrected chi connectivity index (χ3v) is 3.70. The van der Waals surface area contributed by atoms with Crippen LogP contribution < -0.4 is 10.9 Å². The SMILES string of the molecule is COCCCNc1cnn(-c2nc3ccccc3[nH]2)c(=O)c1Cl. The lowest BCUT2D eigenvalue weighted by Gasteiger charge is -2.08. The summed E-state index contributed by atoms with van der Waals surface area (Å²) in [6, 6.07) is 7.50. The molecule has 0 saturated heterocycles. The van der Waals surface area contributed by atoms with Gasteiger partial charge in [0, 0.05) is 20.3 Å². The molecule has 2 aromatic heterocycles. The molecule has 120 valence electrons. The van der Waals surface area contributed by atoms with Crippen LogP contribution in [0.4, 0.5) is 5.69 Å². The number of nitrogens with one attached hydrogen (secondary N) is 2. The first-order valence-corrected chi connectivity index (χ1v) is 7.54. The number of para-hydroxylation sites is 2. The number of hydrogen-bond acceptors (Lipinski definition) is 5. The molecule has 0 radical (unpaired) electrons. The molecule has 1 aromatic carbocycles. The van der Waals surface area contributed by atoms with Crippen molar-refractivity contribution in [1.82, 2.24) is 19.7 Å². The van der Waals surface area contributed by atoms with E-state index in [-0.39, 0.29) is 5.02 Å². The van der Waals surface area contributed by atoms with Gasteiger partial charge in [-0.2, -0.15) is 9.78 Å². The number of imidazole rings is 1. The van der Waals surface area contributed by atoms with Gasteiger partial charge in [-0.1, -0.05) is 23.7 Å². The van der Waals surface area contributed by atoms with Gasteiger partial charge < -0.3 is 15.0 Å². The van der Waals surface area contributed by atoms with E-state index in [1.165, 1.54) is 6.20 Å². The Balaban J connectivity index is 1.89. The Morgan fingerprint density at radius 3 is 3.00 bits per heavy atom. The molecule has 0 amide bonds. The molecule has 0 unspecified atom stereocenters. The van der Waals surface area contributed by atoms with Crippen molar-refractivity contribution in [3.8, 4) is 5.95 Å². The maximum absolute atomic E-state index is 12.4. The number of methoxy groups -OCH3 is 1. The number of aromatic amines is 1. The predicted molar refractivity (Wildman–Crippen MR) is 89.5 cm³/mol. The summed E-state index contributed by atoms with van der Waals surface area (Å²) in [4.78, 5) is 19.8. The topological polar surface area (TPSA) is 84.8 Å². The molecule has 23 heavy (non-hydrogen) atoms. The molecule has 0 bridgehead atoms. The van der Waals surface area contributed by atoms with E-state index in [9.17, 15) is 4.79 Å². The zero-order valence-electron chi connectivity index (χ0n) is 12.5. The van der Waals surface area contributed by atoms with Crippen molar-refractivity contribution >= 4 is 28.3 Å². The van der Waals surface area contributed by atoms with Gasteiger partial charge in [0.2, 0.25) is 5.95 Å². The minimum atomic E-state index is -0.428. The Labute approximate surface area is 137 Å². The van der Waals surface area contributed by atoms with Gasteiger partial charge in [0.1, 0.15) is 5.02 Å². The highest BCUT2D eigenvalue weighted by atomic mass is 35.5. The summed E-state index contributed by atoms with van der Waals surface area (Å²) in [5.41, 5.74) is 1.66. The molecule has 3 rings (SSSR count). The first kappa shape index (κ1) is 15.5. The van der Waals surface area contributed by atoms with Crippen molar-refractivity contribution in [2.75, 3.05) is 25.6 Å². The van der Waals surface area contributed by atoms with Gasteiger partial charge in [0.15, 0.2) is 0 Å². The molecule has 8 heteroatoms. The van der Waals surface area contributed by atoms with E-state index in [4.69, 9.17) is 16.3 Å². The summed E-state index contributed by atoms with van der Waals surface area (Å²) in [6.45, 7) is 1.28. The summed E-state index contributed by atoms with van der Waals surface area (Å²) < 4.78 is 6.13. The van der Waals surface area contributed by atoms with E-state index in [2.05, 4.69) is 20.4 Å². The summed E-state index contributed by atoms with van der Waals surface area (Å²) in [7, 11) is 1.64. The van der Waals surface area contributed by atoms with E-state index < -0.39 is 5.56 Å². The predicted octanol–water partition coefficient (Wildman–Crippen LogP) is 2.21. The molecular formula is C15H16ClN5O2. The van der Waals surface area contributed by atoms with Crippen LogP contribution in [0.1, 0.15) is 6.42 Å². The molecule has 7 nitrogen and oxygen atoms in total. The average molecular weight is 334 g/mol. The monoisotopic (exact) mass is 333 g/mol. The van der Waals surface area contributed by atoms with Crippen molar-refractivity contribution in [3.05, 3.63) is 45.8 Å². The molecule has 0 aliphatic heterocycles. The lowest BCUT2D eigenvalue weighted by molar-refractivity contribution is 0.198. The smallest absolute Gasteiger partial charge is 0.295 e. The van der Waals surface area contributed by atoms with Gasteiger partial charge in [-0.25, -0.2) is 4.98 Å². The van der Waals surface area contributed by atoms with Crippen LogP contribution in [0.3, 0.4) is 0 Å². The average Bonchev–Trinajstić information content (AvgIpc) is 2.99. The first-order valence-electron chi connectivity index (χ1n) is 7.16. The number of rotatable bonds is 6. The minimum absolute atomic E-state index is 0.0814. The highest BCUT2D eigenvalue weighted by molar-refractivity contribution is 6.32. The Morgan fingerprint density at radius 1 is 1.39 bits per heavy atom. The van der Waals surface area contributed by atoms with Gasteiger partial charge in [0.05, 0.1) is 22.9 Å². The fraction of sp³-hybridized carbons (Fsp3) is 0.267. The highest BCUT2D eigenvalue weighted by Crippen LogP contribution is 2.17. The van der Waals surface area contributed by atoms with E-state index in [1.54, 1.807) is 7.11 Å². The van der Waals surface area contributed by atoms with Crippen LogP contribution in [0.15, 0.2) is 35.3 Å². The Bertz CT molecular complexity index is 841. The van der Waals surface area contributed by atoms with Crippen LogP contribution >= 0.6 is 11.6 Å². The fourth-order valence-corrected chi connectivity index (χ4v) is 2.38. The number of anilines is 1. The van der Waals surface area contributed by atoms with Crippen LogP contribution in [-0.2, 0) is 4.74 Å². The molecule has 0 aliphatic rings. The number of H-pyrrole nitrogens is 1. The zero-order valence-corrected chi connectivity index (χ0v) is 13.3. The molecule has 2 N–H and O–H groups in total. The molecule has 0 spiro atoms. The Kier molecular flexibility index (Phi) is 4.59. The van der Waals surface area contributed by atoms with Crippen molar-refractivity contribution in [2.45, 2.75) is 6.42 Å². The van der Waals surface area contributed by atoms with Crippen LogP contribution in [0.2, 0.25) is 5.02 Å². The molecule has 0 atom stereocenters. The van der Waals surface area contributed by atoms with Crippen LogP contribution in [0.5, 0.6) is 0 Å². The Morgan fingerprint density at radius 2 is 2.22 bits per heavy atom. The molecule has 0 saturated carbocycles. The molecule has 0 aliphatic carbocycles. The Hall–Kier alpha value is -2.38. The van der Waals surface area contributed by atoms with Gasteiger partial charge in [-0.3, -0.25) is 4.79 Å². The number of benzene rings is 1. The first-order chi connectivity index (χ1) is 11.2. The number of aromatic nitrogens is 4. The van der Waals surface area contributed by atoms with Gasteiger partial charge >= 0.3 is 0 Å². The lowest BCUT2D eigenvalue weighted by atomic mass is 10.3. The van der Waals surface area contributed by atoms with Crippen molar-refractivity contribution in [2.24, 2.45) is 0 Å². The van der Waals surface area contributed by atoms with E-state index in [1.807, 2.05) is 24.3 Å². The minimum Gasteiger partial charge on any atom is -0.385 e. The van der Waals surface area contributed by atoms with Gasteiger partial charge in [-0.05, 0) is 18.6 Å². The van der Waals surface area contributed by atoms with Crippen molar-refractivity contribution in [3.63, 3.8) is 0 Å². The van der Waals surface area contributed by atoms with Gasteiger partial charge in [0.25, 0.3) is 5.56 Å². The van der Waals surface area contributed by atoms with E-state index >= 15 is 0 Å². The maximum atomic E-state index is 12.4. The van der Waals surface area contributed by atoms with E-state index in [0.29, 0.717) is 24.8 Å². The summed E-state index contributed by atoms with van der Waals surface area (Å²) >= 11 is 6.15. The van der Waals surface area contributed by atoms with Crippen molar-refractivity contribution < 1.29 is 4.74 Å². The molecule has 3 aromatic rings. The number of fused-ring (bicyclic) bond motifs is 1. The fourth-order valence-electron chi connectivity index (χ4n) is 2.19. The van der Waals surface area contributed by atoms with E-state index in [0.717, 1.165) is 22.1 Å². The third kappa shape index (κ3) is 3.20. The van der Waals surface area contributed by atoms with Crippen LogP contribution in [-0.4, -0.2) is 40.0 Å². The van der Waals surface area contributed by atoms with Crippen molar-refractivity contribution in [1.29, 1.82) is 0 Å². The van der Waals surface area contributed by atoms with Crippen LogP contribution in [0, 0.1) is 0 Å². The molecular weight excluding hydrogens is 318 g/mol. The van der Waals surface area contributed by atoms with Gasteiger partial charge in [-0.15, -0.1) is 0 Å². The zero-order chi connectivity index (χ0) is 16.2. The second-order valence-electron chi connectivity index (χ2n) is 4.94. The maximum Gasteiger partial charge on any atom is 0.295 e. The molecule has 0 fully saturated rings. The summed E-state index contributed by atoms with van der Waals surface area (Å²) in [5.74, 6) is 0.337. The number of ether oxygens (including phenoxy) is 1.